The van der Waals surface area contributed by atoms with E-state index in [2.05, 4.69) is 22.2 Å². The van der Waals surface area contributed by atoms with Crippen LogP contribution in [0.1, 0.15) is 50.5 Å². The van der Waals surface area contributed by atoms with Crippen molar-refractivity contribution in [3.63, 3.8) is 0 Å². The number of nitrogens with zero attached hydrogens (tertiary/aromatic N) is 1. The maximum Gasteiger partial charge on any atom is 0.268 e. The second-order valence-corrected chi connectivity index (χ2v) is 8.05. The summed E-state index contributed by atoms with van der Waals surface area (Å²) in [6, 6.07) is 8.46. The molecule has 2 N–H and O–H groups in total. The summed E-state index contributed by atoms with van der Waals surface area (Å²) in [7, 11) is 2.19. The molecule has 0 aliphatic carbocycles. The first-order chi connectivity index (χ1) is 11.8. The van der Waals surface area contributed by atoms with Crippen molar-refractivity contribution >= 4 is 16.8 Å². The lowest BCUT2D eigenvalue weighted by molar-refractivity contribution is 0.0915. The smallest absolute Gasteiger partial charge is 0.268 e. The maximum atomic E-state index is 12.3. The summed E-state index contributed by atoms with van der Waals surface area (Å²) in [5.41, 5.74) is 1.27. The van der Waals surface area contributed by atoms with E-state index >= 15 is 0 Å². The van der Waals surface area contributed by atoms with Crippen LogP contribution < -0.4 is 10.1 Å². The van der Waals surface area contributed by atoms with Crippen LogP contribution in [-0.4, -0.2) is 47.6 Å². The van der Waals surface area contributed by atoms with E-state index in [1.165, 1.54) is 19.4 Å². The van der Waals surface area contributed by atoms with Gasteiger partial charge in [0.15, 0.2) is 0 Å². The second-order valence-electron chi connectivity index (χ2n) is 8.05. The number of aromatic amines is 1. The number of benzene rings is 1. The average Bonchev–Trinajstić information content (AvgIpc) is 3.12. The number of hydrogen-bond acceptors (Lipinski definition) is 3. The molecule has 0 saturated carbocycles. The third kappa shape index (κ3) is 4.54. The highest BCUT2D eigenvalue weighted by atomic mass is 16.5. The minimum atomic E-state index is -0.254. The lowest BCUT2D eigenvalue weighted by Gasteiger charge is -2.19. The molecule has 5 heteroatoms. The molecule has 1 fully saturated rings. The Labute approximate surface area is 149 Å². The van der Waals surface area contributed by atoms with E-state index in [1.54, 1.807) is 0 Å². The first kappa shape index (κ1) is 17.8. The van der Waals surface area contributed by atoms with E-state index in [0.29, 0.717) is 11.7 Å². The van der Waals surface area contributed by atoms with Crippen molar-refractivity contribution in [2.75, 3.05) is 20.2 Å². The summed E-state index contributed by atoms with van der Waals surface area (Å²) in [6.45, 7) is 7.84. The van der Waals surface area contributed by atoms with Crippen LogP contribution in [0.25, 0.3) is 10.9 Å². The van der Waals surface area contributed by atoms with Crippen molar-refractivity contribution in [2.45, 2.75) is 51.6 Å². The first-order valence-electron chi connectivity index (χ1n) is 9.10. The molecule has 5 nitrogen and oxygen atoms in total. The molecule has 0 radical (unpaired) electrons. The molecule has 1 aromatic carbocycles. The summed E-state index contributed by atoms with van der Waals surface area (Å²) in [4.78, 5) is 17.9. The topological polar surface area (TPSA) is 57.4 Å². The fraction of sp³-hybridized carbons (Fsp3) is 0.550. The Morgan fingerprint density at radius 1 is 1.36 bits per heavy atom. The highest BCUT2D eigenvalue weighted by Gasteiger charge is 2.20. The van der Waals surface area contributed by atoms with Crippen molar-refractivity contribution < 1.29 is 9.53 Å². The van der Waals surface area contributed by atoms with Crippen molar-refractivity contribution in [2.24, 2.45) is 0 Å². The number of nitrogens with one attached hydrogen (secondary N) is 2. The Balaban J connectivity index is 1.63. The lowest BCUT2D eigenvalue weighted by atomic mass is 10.1. The van der Waals surface area contributed by atoms with Gasteiger partial charge in [0.2, 0.25) is 0 Å². The molecule has 0 spiro atoms. The number of aromatic nitrogens is 1. The Morgan fingerprint density at radius 3 is 2.84 bits per heavy atom. The predicted molar refractivity (Wildman–Crippen MR) is 101 cm³/mol. The zero-order valence-electron chi connectivity index (χ0n) is 15.7. The van der Waals surface area contributed by atoms with Gasteiger partial charge >= 0.3 is 0 Å². The van der Waals surface area contributed by atoms with E-state index in [-0.39, 0.29) is 11.4 Å². The molecule has 136 valence electrons. The van der Waals surface area contributed by atoms with Gasteiger partial charge in [-0.15, -0.1) is 0 Å². The highest BCUT2D eigenvalue weighted by Crippen LogP contribution is 2.23. The molecule has 2 aromatic rings. The third-order valence-corrected chi connectivity index (χ3v) is 4.72. The Morgan fingerprint density at radius 2 is 2.16 bits per heavy atom. The number of rotatable bonds is 5. The molecule has 25 heavy (non-hydrogen) atoms. The molecule has 3 rings (SSSR count). The quantitative estimate of drug-likeness (QED) is 0.873. The van der Waals surface area contributed by atoms with Crippen molar-refractivity contribution in [3.8, 4) is 5.75 Å². The van der Waals surface area contributed by atoms with Gasteiger partial charge in [0.25, 0.3) is 5.91 Å². The summed E-state index contributed by atoms with van der Waals surface area (Å²) < 4.78 is 5.93. The lowest BCUT2D eigenvalue weighted by Crippen LogP contribution is -2.40. The molecule has 1 unspecified atom stereocenters. The van der Waals surface area contributed by atoms with Crippen molar-refractivity contribution in [1.29, 1.82) is 0 Å². The van der Waals surface area contributed by atoms with Crippen molar-refractivity contribution in [3.05, 3.63) is 30.0 Å². The van der Waals surface area contributed by atoms with Crippen LogP contribution in [0.3, 0.4) is 0 Å². The zero-order valence-corrected chi connectivity index (χ0v) is 15.7. The number of likely N-dealkylation sites (tertiary alicyclic amines) is 1. The molecule has 1 aromatic heterocycles. The van der Waals surface area contributed by atoms with Gasteiger partial charge in [0.05, 0.1) is 6.61 Å². The Bertz CT molecular complexity index is 745. The molecule has 2 heterocycles. The summed E-state index contributed by atoms with van der Waals surface area (Å²) >= 11 is 0. The van der Waals surface area contributed by atoms with Gasteiger partial charge in [0.1, 0.15) is 11.4 Å². The third-order valence-electron chi connectivity index (χ3n) is 4.72. The van der Waals surface area contributed by atoms with Crippen LogP contribution in [0.15, 0.2) is 24.3 Å². The van der Waals surface area contributed by atoms with E-state index in [4.69, 9.17) is 4.74 Å². The van der Waals surface area contributed by atoms with Crippen LogP contribution >= 0.6 is 0 Å². The minimum absolute atomic E-state index is 0.0876. The normalized spacial score (nSPS) is 18.6. The standard InChI is InChI=1S/C20H29N3O2/c1-20(2,3)22-19(24)18-13-14-12-16(7-8-17(14)21-18)25-11-9-15-6-5-10-23(15)4/h7-8,12-13,15,21H,5-6,9-11H2,1-4H3,(H,22,24). The van der Waals surface area contributed by atoms with E-state index < -0.39 is 0 Å². The summed E-state index contributed by atoms with van der Waals surface area (Å²) in [5, 5.41) is 3.97. The number of ether oxygens (including phenoxy) is 1. The number of carbonyl (C=O) groups excluding carboxylic acids is 1. The molecule has 1 aliphatic heterocycles. The number of H-pyrrole nitrogens is 1. The number of fused-ring (bicyclic) bond motifs is 1. The van der Waals surface area contributed by atoms with E-state index in [1.807, 2.05) is 45.0 Å². The highest BCUT2D eigenvalue weighted by molar-refractivity contribution is 5.98. The van der Waals surface area contributed by atoms with Gasteiger partial charge in [-0.05, 0) is 77.9 Å². The number of carbonyl (C=O) groups is 1. The Hall–Kier alpha value is -2.01. The molecule has 0 bridgehead atoms. The molecular formula is C20H29N3O2. The number of amides is 1. The van der Waals surface area contributed by atoms with Gasteiger partial charge in [-0.3, -0.25) is 4.79 Å². The van der Waals surface area contributed by atoms with Gasteiger partial charge in [-0.1, -0.05) is 0 Å². The van der Waals surface area contributed by atoms with E-state index in [0.717, 1.165) is 29.7 Å². The van der Waals surface area contributed by atoms with Crippen LogP contribution in [0.4, 0.5) is 0 Å². The fourth-order valence-corrected chi connectivity index (χ4v) is 3.39. The van der Waals surface area contributed by atoms with Crippen LogP contribution in [-0.2, 0) is 0 Å². The molecule has 1 aliphatic rings. The van der Waals surface area contributed by atoms with Crippen LogP contribution in [0.2, 0.25) is 0 Å². The largest absolute Gasteiger partial charge is 0.494 e. The fourth-order valence-electron chi connectivity index (χ4n) is 3.39. The molecule has 1 atom stereocenters. The van der Waals surface area contributed by atoms with Gasteiger partial charge in [0, 0.05) is 22.5 Å². The average molecular weight is 343 g/mol. The number of hydrogen-bond donors (Lipinski definition) is 2. The monoisotopic (exact) mass is 343 g/mol. The molecular weight excluding hydrogens is 314 g/mol. The molecule has 1 saturated heterocycles. The maximum absolute atomic E-state index is 12.3. The minimum Gasteiger partial charge on any atom is -0.494 e. The first-order valence-corrected chi connectivity index (χ1v) is 9.10. The van der Waals surface area contributed by atoms with Gasteiger partial charge in [-0.25, -0.2) is 0 Å². The molecule has 1 amide bonds. The zero-order chi connectivity index (χ0) is 18.0. The predicted octanol–water partition coefficient (Wildman–Crippen LogP) is 3.56. The van der Waals surface area contributed by atoms with Gasteiger partial charge in [-0.2, -0.15) is 0 Å². The summed E-state index contributed by atoms with van der Waals surface area (Å²) in [6.07, 6.45) is 3.61. The van der Waals surface area contributed by atoms with Gasteiger partial charge < -0.3 is 19.9 Å². The van der Waals surface area contributed by atoms with Crippen molar-refractivity contribution in [1.82, 2.24) is 15.2 Å². The Kier molecular flexibility index (Phi) is 5.04. The van der Waals surface area contributed by atoms with Crippen LogP contribution in [0, 0.1) is 0 Å². The second kappa shape index (κ2) is 7.08. The SMILES string of the molecule is CN1CCCC1CCOc1ccc2[nH]c(C(=O)NC(C)(C)C)cc2c1. The van der Waals surface area contributed by atoms with Crippen LogP contribution in [0.5, 0.6) is 5.75 Å². The van der Waals surface area contributed by atoms with E-state index in [9.17, 15) is 4.79 Å². The summed E-state index contributed by atoms with van der Waals surface area (Å²) in [5.74, 6) is 0.769.